The SMILES string of the molecule is Nc1cccc(C(=O)OCc2ccccc2CC(=O)O)c1. The molecule has 0 saturated carbocycles. The van der Waals surface area contributed by atoms with Crippen molar-refractivity contribution in [3.8, 4) is 0 Å². The van der Waals surface area contributed by atoms with Crippen molar-refractivity contribution in [1.29, 1.82) is 0 Å². The molecule has 0 bridgehead atoms. The van der Waals surface area contributed by atoms with Gasteiger partial charge in [-0.15, -0.1) is 0 Å². The third kappa shape index (κ3) is 4.07. The second-order valence-electron chi connectivity index (χ2n) is 4.54. The molecule has 0 saturated heterocycles. The van der Waals surface area contributed by atoms with Crippen molar-refractivity contribution in [3.63, 3.8) is 0 Å². The van der Waals surface area contributed by atoms with Gasteiger partial charge in [0.25, 0.3) is 0 Å². The summed E-state index contributed by atoms with van der Waals surface area (Å²) in [5, 5.41) is 8.86. The van der Waals surface area contributed by atoms with Crippen molar-refractivity contribution in [2.45, 2.75) is 13.0 Å². The number of aliphatic carboxylic acids is 1. The average molecular weight is 285 g/mol. The second kappa shape index (κ2) is 6.56. The van der Waals surface area contributed by atoms with Crippen LogP contribution < -0.4 is 5.73 Å². The van der Waals surface area contributed by atoms with E-state index in [1.54, 1.807) is 42.5 Å². The van der Waals surface area contributed by atoms with E-state index in [9.17, 15) is 9.59 Å². The van der Waals surface area contributed by atoms with Crippen molar-refractivity contribution in [2.24, 2.45) is 0 Å². The number of carbonyl (C=O) groups is 2. The van der Waals surface area contributed by atoms with Crippen LogP contribution in [0.15, 0.2) is 48.5 Å². The Morgan fingerprint density at radius 3 is 2.43 bits per heavy atom. The Kier molecular flexibility index (Phi) is 4.56. The van der Waals surface area contributed by atoms with Crippen LogP contribution in [0.2, 0.25) is 0 Å². The molecule has 21 heavy (non-hydrogen) atoms. The fourth-order valence-electron chi connectivity index (χ4n) is 1.93. The molecule has 0 radical (unpaired) electrons. The van der Waals surface area contributed by atoms with Crippen LogP contribution in [0.4, 0.5) is 5.69 Å². The van der Waals surface area contributed by atoms with Crippen LogP contribution in [0.25, 0.3) is 0 Å². The number of benzene rings is 2. The highest BCUT2D eigenvalue weighted by Gasteiger charge is 2.10. The summed E-state index contributed by atoms with van der Waals surface area (Å²) in [5.41, 5.74) is 7.77. The maximum absolute atomic E-state index is 11.9. The molecule has 3 N–H and O–H groups in total. The van der Waals surface area contributed by atoms with Gasteiger partial charge in [0.05, 0.1) is 12.0 Å². The summed E-state index contributed by atoms with van der Waals surface area (Å²) in [5.74, 6) is -1.42. The molecule has 2 aromatic rings. The molecule has 0 fully saturated rings. The Balaban J connectivity index is 2.06. The summed E-state index contributed by atoms with van der Waals surface area (Å²) in [4.78, 5) is 22.7. The maximum Gasteiger partial charge on any atom is 0.338 e. The van der Waals surface area contributed by atoms with Crippen LogP contribution in [-0.4, -0.2) is 17.0 Å². The molecule has 5 nitrogen and oxygen atoms in total. The monoisotopic (exact) mass is 285 g/mol. The third-order valence-electron chi connectivity index (χ3n) is 2.94. The van der Waals surface area contributed by atoms with Crippen LogP contribution in [0.5, 0.6) is 0 Å². The fraction of sp³-hybridized carbons (Fsp3) is 0.125. The van der Waals surface area contributed by atoms with E-state index >= 15 is 0 Å². The minimum absolute atomic E-state index is 0.0249. The summed E-state index contributed by atoms with van der Waals surface area (Å²) in [7, 11) is 0. The van der Waals surface area contributed by atoms with E-state index in [2.05, 4.69) is 0 Å². The minimum atomic E-state index is -0.926. The Morgan fingerprint density at radius 1 is 1.05 bits per heavy atom. The first kappa shape index (κ1) is 14.6. The molecule has 0 atom stereocenters. The molecule has 0 heterocycles. The normalized spacial score (nSPS) is 10.1. The first-order chi connectivity index (χ1) is 10.1. The van der Waals surface area contributed by atoms with Crippen molar-refractivity contribution in [1.82, 2.24) is 0 Å². The molecule has 0 aliphatic heterocycles. The molecule has 0 unspecified atom stereocenters. The van der Waals surface area contributed by atoms with Crippen LogP contribution in [0, 0.1) is 0 Å². The van der Waals surface area contributed by atoms with Crippen LogP contribution in [0.3, 0.4) is 0 Å². The lowest BCUT2D eigenvalue weighted by atomic mass is 10.1. The Hall–Kier alpha value is -2.82. The summed E-state index contributed by atoms with van der Waals surface area (Å²) in [6.07, 6.45) is -0.105. The van der Waals surface area contributed by atoms with E-state index < -0.39 is 11.9 Å². The molecule has 5 heteroatoms. The van der Waals surface area contributed by atoms with Gasteiger partial charge in [0, 0.05) is 5.69 Å². The van der Waals surface area contributed by atoms with Crippen LogP contribution >= 0.6 is 0 Å². The van der Waals surface area contributed by atoms with Gasteiger partial charge in [-0.25, -0.2) is 4.79 Å². The van der Waals surface area contributed by atoms with Crippen molar-refractivity contribution in [2.75, 3.05) is 5.73 Å². The van der Waals surface area contributed by atoms with Crippen molar-refractivity contribution < 1.29 is 19.4 Å². The minimum Gasteiger partial charge on any atom is -0.481 e. The zero-order valence-electron chi connectivity index (χ0n) is 11.3. The van der Waals surface area contributed by atoms with Crippen LogP contribution in [-0.2, 0) is 22.6 Å². The number of anilines is 1. The second-order valence-corrected chi connectivity index (χ2v) is 4.54. The number of carbonyl (C=O) groups excluding carboxylic acids is 1. The van der Waals surface area contributed by atoms with E-state index in [0.29, 0.717) is 22.4 Å². The molecular formula is C16H15NO4. The van der Waals surface area contributed by atoms with E-state index in [0.717, 1.165) is 0 Å². The van der Waals surface area contributed by atoms with E-state index in [4.69, 9.17) is 15.6 Å². The Labute approximate surface area is 122 Å². The number of hydrogen-bond acceptors (Lipinski definition) is 4. The molecule has 0 aliphatic carbocycles. The molecule has 2 aromatic carbocycles. The standard InChI is InChI=1S/C16H15NO4/c17-14-7-3-6-12(8-14)16(20)21-10-13-5-2-1-4-11(13)9-15(18)19/h1-8H,9-10,17H2,(H,18,19). The number of esters is 1. The third-order valence-corrected chi connectivity index (χ3v) is 2.94. The maximum atomic E-state index is 11.9. The fourth-order valence-corrected chi connectivity index (χ4v) is 1.93. The zero-order valence-corrected chi connectivity index (χ0v) is 11.3. The van der Waals surface area contributed by atoms with E-state index in [1.165, 1.54) is 6.07 Å². The van der Waals surface area contributed by atoms with Crippen LogP contribution in [0.1, 0.15) is 21.5 Å². The Bertz CT molecular complexity index is 667. The predicted molar refractivity (Wildman–Crippen MR) is 77.8 cm³/mol. The lowest BCUT2D eigenvalue weighted by Gasteiger charge is -2.09. The van der Waals surface area contributed by atoms with Gasteiger partial charge in [0.1, 0.15) is 6.61 Å². The highest BCUT2D eigenvalue weighted by Crippen LogP contribution is 2.13. The number of carboxylic acids is 1. The quantitative estimate of drug-likeness (QED) is 0.649. The topological polar surface area (TPSA) is 89.6 Å². The molecule has 0 aliphatic rings. The van der Waals surface area contributed by atoms with Gasteiger partial charge < -0.3 is 15.6 Å². The predicted octanol–water partition coefficient (Wildman–Crippen LogP) is 2.25. The lowest BCUT2D eigenvalue weighted by molar-refractivity contribution is -0.136. The van der Waals surface area contributed by atoms with Gasteiger partial charge in [-0.05, 0) is 29.3 Å². The van der Waals surface area contributed by atoms with Crippen molar-refractivity contribution in [3.05, 3.63) is 65.2 Å². The van der Waals surface area contributed by atoms with E-state index in [1.807, 2.05) is 0 Å². The lowest BCUT2D eigenvalue weighted by Crippen LogP contribution is -2.09. The highest BCUT2D eigenvalue weighted by molar-refractivity contribution is 5.90. The van der Waals surface area contributed by atoms with E-state index in [-0.39, 0.29) is 13.0 Å². The number of ether oxygens (including phenoxy) is 1. The van der Waals surface area contributed by atoms with Gasteiger partial charge in [-0.3, -0.25) is 4.79 Å². The number of nitrogen functional groups attached to an aromatic ring is 1. The number of rotatable bonds is 5. The number of carboxylic acid groups (broad SMARTS) is 1. The van der Waals surface area contributed by atoms with Gasteiger partial charge in [-0.2, -0.15) is 0 Å². The van der Waals surface area contributed by atoms with Gasteiger partial charge >= 0.3 is 11.9 Å². The summed E-state index contributed by atoms with van der Waals surface area (Å²) < 4.78 is 5.20. The molecule has 108 valence electrons. The molecule has 0 spiro atoms. The highest BCUT2D eigenvalue weighted by atomic mass is 16.5. The summed E-state index contributed by atoms with van der Waals surface area (Å²) >= 11 is 0. The molecule has 0 aromatic heterocycles. The summed E-state index contributed by atoms with van der Waals surface area (Å²) in [6, 6.07) is 13.5. The average Bonchev–Trinajstić information content (AvgIpc) is 2.45. The zero-order chi connectivity index (χ0) is 15.2. The van der Waals surface area contributed by atoms with Gasteiger partial charge in [0.15, 0.2) is 0 Å². The number of nitrogens with two attached hydrogens (primary N) is 1. The first-order valence-electron chi connectivity index (χ1n) is 6.37. The van der Waals surface area contributed by atoms with Crippen molar-refractivity contribution >= 4 is 17.6 Å². The Morgan fingerprint density at radius 2 is 1.76 bits per heavy atom. The number of hydrogen-bond donors (Lipinski definition) is 2. The summed E-state index contributed by atoms with van der Waals surface area (Å²) in [6.45, 7) is 0.0249. The largest absolute Gasteiger partial charge is 0.481 e. The molecule has 2 rings (SSSR count). The molecular weight excluding hydrogens is 270 g/mol. The molecule has 0 amide bonds. The van der Waals surface area contributed by atoms with Gasteiger partial charge in [0.2, 0.25) is 0 Å². The first-order valence-corrected chi connectivity index (χ1v) is 6.37. The van der Waals surface area contributed by atoms with Gasteiger partial charge in [-0.1, -0.05) is 30.3 Å². The smallest absolute Gasteiger partial charge is 0.338 e.